The molecule has 0 aromatic rings. The Morgan fingerprint density at radius 1 is 0.800 bits per heavy atom. The van der Waals surface area contributed by atoms with Crippen molar-refractivity contribution in [3.05, 3.63) is 12.2 Å². The van der Waals surface area contributed by atoms with E-state index >= 15 is 0 Å². The SMILES string of the molecule is C1=CC2CC1C1C3CC3C21. The molecule has 0 amide bonds. The van der Waals surface area contributed by atoms with E-state index in [1.54, 1.807) is 6.42 Å². The molecule has 0 heterocycles. The van der Waals surface area contributed by atoms with Gasteiger partial charge in [-0.15, -0.1) is 0 Å². The highest BCUT2D eigenvalue weighted by molar-refractivity contribution is 5.26. The summed E-state index contributed by atoms with van der Waals surface area (Å²) in [6, 6.07) is 0. The van der Waals surface area contributed by atoms with Crippen LogP contribution in [0.25, 0.3) is 0 Å². The summed E-state index contributed by atoms with van der Waals surface area (Å²) in [5.74, 6) is 6.87. The Kier molecular flexibility index (Phi) is 0.508. The predicted molar refractivity (Wildman–Crippen MR) is 39.3 cm³/mol. The van der Waals surface area contributed by atoms with Crippen molar-refractivity contribution in [1.82, 2.24) is 0 Å². The molecule has 4 aliphatic rings. The monoisotopic (exact) mass is 132 g/mol. The Bertz CT molecular complexity index is 206. The van der Waals surface area contributed by atoms with Crippen molar-refractivity contribution >= 4 is 0 Å². The number of hydrogen-bond donors (Lipinski definition) is 0. The van der Waals surface area contributed by atoms with Crippen LogP contribution in [-0.2, 0) is 0 Å². The molecule has 52 valence electrons. The molecule has 0 aromatic carbocycles. The summed E-state index contributed by atoms with van der Waals surface area (Å²) < 4.78 is 0. The van der Waals surface area contributed by atoms with Gasteiger partial charge in [-0.2, -0.15) is 0 Å². The van der Waals surface area contributed by atoms with E-state index in [1.807, 2.05) is 0 Å². The highest BCUT2D eigenvalue weighted by Crippen LogP contribution is 2.74. The van der Waals surface area contributed by atoms with Gasteiger partial charge < -0.3 is 0 Å². The van der Waals surface area contributed by atoms with Gasteiger partial charge in [0.05, 0.1) is 0 Å². The van der Waals surface area contributed by atoms with E-state index in [1.165, 1.54) is 30.1 Å². The van der Waals surface area contributed by atoms with Crippen molar-refractivity contribution in [1.29, 1.82) is 0 Å². The van der Waals surface area contributed by atoms with Crippen LogP contribution in [0, 0.1) is 35.5 Å². The Labute approximate surface area is 61.3 Å². The zero-order chi connectivity index (χ0) is 6.29. The van der Waals surface area contributed by atoms with Crippen LogP contribution < -0.4 is 0 Å². The standard InChI is InChI=1S/C10H12/c1-2-6-3-5(1)9-7-4-8(7)10(6)9/h1-2,5-10H,3-4H2. The molecule has 0 saturated heterocycles. The second-order valence-electron chi connectivity index (χ2n) is 4.67. The minimum absolute atomic E-state index is 1.04. The molecule has 6 unspecified atom stereocenters. The maximum absolute atomic E-state index is 2.50. The van der Waals surface area contributed by atoms with Crippen LogP contribution in [0.1, 0.15) is 12.8 Å². The van der Waals surface area contributed by atoms with E-state index in [2.05, 4.69) is 12.2 Å². The lowest BCUT2D eigenvalue weighted by molar-refractivity contribution is 0.140. The van der Waals surface area contributed by atoms with Crippen molar-refractivity contribution < 1.29 is 0 Å². The third-order valence-corrected chi connectivity index (χ3v) is 4.46. The smallest absolute Gasteiger partial charge is 0.0194 e. The Morgan fingerprint density at radius 3 is 2.00 bits per heavy atom. The van der Waals surface area contributed by atoms with Crippen LogP contribution in [0.3, 0.4) is 0 Å². The van der Waals surface area contributed by atoms with Gasteiger partial charge in [0.1, 0.15) is 0 Å². The van der Waals surface area contributed by atoms with E-state index in [0.717, 1.165) is 11.8 Å². The average molecular weight is 132 g/mol. The molecular formula is C10H12. The first-order valence-electron chi connectivity index (χ1n) is 4.63. The second-order valence-corrected chi connectivity index (χ2v) is 4.67. The van der Waals surface area contributed by atoms with Crippen LogP contribution in [0.15, 0.2) is 12.2 Å². The van der Waals surface area contributed by atoms with Crippen LogP contribution >= 0.6 is 0 Å². The van der Waals surface area contributed by atoms with E-state index in [4.69, 9.17) is 0 Å². The van der Waals surface area contributed by atoms with Crippen molar-refractivity contribution in [3.8, 4) is 0 Å². The Balaban J connectivity index is 1.87. The highest BCUT2D eigenvalue weighted by atomic mass is 14.7. The van der Waals surface area contributed by atoms with E-state index in [-0.39, 0.29) is 0 Å². The Hall–Kier alpha value is -0.260. The summed E-state index contributed by atoms with van der Waals surface area (Å²) in [5, 5.41) is 0. The second kappa shape index (κ2) is 1.11. The Morgan fingerprint density at radius 2 is 1.40 bits per heavy atom. The zero-order valence-electron chi connectivity index (χ0n) is 6.03. The molecule has 0 nitrogen and oxygen atoms in total. The normalized spacial score (nSPS) is 72.8. The summed E-state index contributed by atoms with van der Waals surface area (Å²) >= 11 is 0. The summed E-state index contributed by atoms with van der Waals surface area (Å²) in [5.41, 5.74) is 0. The maximum Gasteiger partial charge on any atom is -0.0194 e. The fraction of sp³-hybridized carbons (Fsp3) is 0.800. The topological polar surface area (TPSA) is 0 Å². The van der Waals surface area contributed by atoms with E-state index in [0.29, 0.717) is 0 Å². The van der Waals surface area contributed by atoms with Crippen molar-refractivity contribution in [3.63, 3.8) is 0 Å². The van der Waals surface area contributed by atoms with E-state index < -0.39 is 0 Å². The first-order chi connectivity index (χ1) is 4.95. The largest absolute Gasteiger partial charge is 0.0848 e. The molecule has 3 fully saturated rings. The molecule has 4 aliphatic carbocycles. The number of rotatable bonds is 0. The lowest BCUT2D eigenvalue weighted by Crippen LogP contribution is -2.32. The quantitative estimate of drug-likeness (QED) is 0.443. The average Bonchev–Trinajstić information content (AvgIpc) is 2.38. The minimum Gasteiger partial charge on any atom is -0.0848 e. The molecule has 10 heavy (non-hydrogen) atoms. The number of fused-ring (bicyclic) bond motifs is 8. The van der Waals surface area contributed by atoms with Gasteiger partial charge in [0.25, 0.3) is 0 Å². The lowest BCUT2D eigenvalue weighted by Gasteiger charge is -2.36. The third kappa shape index (κ3) is 0.291. The van der Waals surface area contributed by atoms with Crippen LogP contribution in [0.5, 0.6) is 0 Å². The van der Waals surface area contributed by atoms with Crippen LogP contribution in [0.4, 0.5) is 0 Å². The van der Waals surface area contributed by atoms with Crippen molar-refractivity contribution in [2.45, 2.75) is 12.8 Å². The number of allylic oxidation sites excluding steroid dienone is 2. The molecule has 0 heteroatoms. The summed E-state index contributed by atoms with van der Waals surface area (Å²) in [4.78, 5) is 0. The molecule has 0 spiro atoms. The molecule has 4 rings (SSSR count). The van der Waals surface area contributed by atoms with Crippen molar-refractivity contribution in [2.75, 3.05) is 0 Å². The molecule has 0 radical (unpaired) electrons. The van der Waals surface area contributed by atoms with Gasteiger partial charge in [-0.05, 0) is 48.3 Å². The molecule has 3 saturated carbocycles. The van der Waals surface area contributed by atoms with Gasteiger partial charge in [0.2, 0.25) is 0 Å². The fourth-order valence-corrected chi connectivity index (χ4v) is 4.08. The highest BCUT2D eigenvalue weighted by Gasteiger charge is 2.68. The fourth-order valence-electron chi connectivity index (χ4n) is 4.08. The van der Waals surface area contributed by atoms with E-state index in [9.17, 15) is 0 Å². The lowest BCUT2D eigenvalue weighted by atomic mass is 9.68. The van der Waals surface area contributed by atoms with Gasteiger partial charge >= 0.3 is 0 Å². The molecular weight excluding hydrogens is 120 g/mol. The molecule has 2 bridgehead atoms. The first-order valence-corrected chi connectivity index (χ1v) is 4.63. The molecule has 0 aromatic heterocycles. The first kappa shape index (κ1) is 4.58. The predicted octanol–water partition coefficient (Wildman–Crippen LogP) is 2.07. The summed E-state index contributed by atoms with van der Waals surface area (Å²) in [6.45, 7) is 0. The zero-order valence-corrected chi connectivity index (χ0v) is 6.03. The number of hydrogen-bond acceptors (Lipinski definition) is 0. The van der Waals surface area contributed by atoms with Gasteiger partial charge in [0.15, 0.2) is 0 Å². The van der Waals surface area contributed by atoms with Crippen LogP contribution in [0.2, 0.25) is 0 Å². The summed E-state index contributed by atoms with van der Waals surface area (Å²) in [6.07, 6.45) is 8.13. The maximum atomic E-state index is 2.50. The molecule has 0 aliphatic heterocycles. The minimum atomic E-state index is 1.04. The van der Waals surface area contributed by atoms with Crippen molar-refractivity contribution in [2.24, 2.45) is 35.5 Å². The molecule has 0 N–H and O–H groups in total. The summed E-state index contributed by atoms with van der Waals surface area (Å²) in [7, 11) is 0. The van der Waals surface area contributed by atoms with Gasteiger partial charge in [0, 0.05) is 0 Å². The molecule has 6 atom stereocenters. The van der Waals surface area contributed by atoms with Gasteiger partial charge in [-0.3, -0.25) is 0 Å². The third-order valence-electron chi connectivity index (χ3n) is 4.46. The van der Waals surface area contributed by atoms with Gasteiger partial charge in [-0.1, -0.05) is 12.2 Å². The van der Waals surface area contributed by atoms with Gasteiger partial charge in [-0.25, -0.2) is 0 Å². The van der Waals surface area contributed by atoms with Crippen LogP contribution in [-0.4, -0.2) is 0 Å².